The molecule has 0 atom stereocenters. The molecule has 0 amide bonds. The number of anilines is 1. The first-order valence-electron chi connectivity index (χ1n) is 11.1. The minimum atomic E-state index is -0.651. The third-order valence-electron chi connectivity index (χ3n) is 6.49. The number of piperidine rings is 1. The monoisotopic (exact) mass is 457 g/mol. The summed E-state index contributed by atoms with van der Waals surface area (Å²) >= 11 is 0. The van der Waals surface area contributed by atoms with Gasteiger partial charge < -0.3 is 10.6 Å². The third-order valence-corrected chi connectivity index (χ3v) is 6.49. The first-order valence-corrected chi connectivity index (χ1v) is 11.1. The number of nitrogens with two attached hydrogens (primary N) is 1. The van der Waals surface area contributed by atoms with Gasteiger partial charge in [0.25, 0.3) is 5.56 Å². The molecule has 0 saturated carbocycles. The maximum atomic E-state index is 14.6. The Labute approximate surface area is 195 Å². The van der Waals surface area contributed by atoms with Gasteiger partial charge in [-0.2, -0.15) is 10.4 Å². The van der Waals surface area contributed by atoms with Crippen molar-refractivity contribution in [3.63, 3.8) is 0 Å². The van der Waals surface area contributed by atoms with E-state index in [2.05, 4.69) is 5.10 Å². The van der Waals surface area contributed by atoms with Gasteiger partial charge in [-0.3, -0.25) is 14.0 Å². The van der Waals surface area contributed by atoms with Crippen molar-refractivity contribution in [1.82, 2.24) is 19.3 Å². The second-order valence-electron chi connectivity index (χ2n) is 8.67. The van der Waals surface area contributed by atoms with Gasteiger partial charge in [0.2, 0.25) is 5.95 Å². The quantitative estimate of drug-likeness (QED) is 0.507. The van der Waals surface area contributed by atoms with Crippen LogP contribution in [0.4, 0.5) is 10.3 Å². The number of aryl methyl sites for hydroxylation is 1. The highest BCUT2D eigenvalue weighted by Crippen LogP contribution is 2.32. The molecule has 1 aliphatic rings. The molecule has 1 fully saturated rings. The van der Waals surface area contributed by atoms with Crippen LogP contribution in [0.2, 0.25) is 0 Å². The van der Waals surface area contributed by atoms with E-state index in [-0.39, 0.29) is 17.2 Å². The zero-order valence-electron chi connectivity index (χ0n) is 19.0. The molecule has 1 aliphatic heterocycles. The minimum absolute atomic E-state index is 0.0591. The van der Waals surface area contributed by atoms with E-state index < -0.39 is 5.82 Å². The fourth-order valence-electron chi connectivity index (χ4n) is 4.51. The summed E-state index contributed by atoms with van der Waals surface area (Å²) in [7, 11) is 3.56. The zero-order valence-corrected chi connectivity index (χ0v) is 19.0. The van der Waals surface area contributed by atoms with Gasteiger partial charge in [-0.15, -0.1) is 0 Å². The maximum absolute atomic E-state index is 14.6. The van der Waals surface area contributed by atoms with Crippen molar-refractivity contribution in [3.05, 3.63) is 64.3 Å². The van der Waals surface area contributed by atoms with Gasteiger partial charge in [0.15, 0.2) is 0 Å². The van der Waals surface area contributed by atoms with E-state index in [1.54, 1.807) is 28.6 Å². The number of aromatic nitrogens is 4. The van der Waals surface area contributed by atoms with Crippen LogP contribution in [-0.4, -0.2) is 38.5 Å². The Hall–Kier alpha value is -4.03. The summed E-state index contributed by atoms with van der Waals surface area (Å²) in [4.78, 5) is 20.7. The molecule has 8 nitrogen and oxygen atoms in total. The van der Waals surface area contributed by atoms with Crippen molar-refractivity contribution in [2.24, 2.45) is 19.8 Å². The molecule has 2 aromatic heterocycles. The molecule has 2 N–H and O–H groups in total. The van der Waals surface area contributed by atoms with Gasteiger partial charge in [-0.05, 0) is 42.7 Å². The van der Waals surface area contributed by atoms with Crippen LogP contribution in [-0.2, 0) is 14.1 Å². The fourth-order valence-corrected chi connectivity index (χ4v) is 4.51. The summed E-state index contributed by atoms with van der Waals surface area (Å²) in [5.74, 6) is -0.135. The standard InChI is InChI=1S/C25H24FN7O/c1-31-24(34)22(15-5-6-21-18(11-15)14-29-32(21)2)23(16-3-4-17(13-27)20(26)12-16)30-25(31)33-9-7-19(28)8-10-33/h3-6,11-12,14,19H,7-10,28H2,1-2H3. The van der Waals surface area contributed by atoms with Crippen LogP contribution in [0.15, 0.2) is 47.4 Å². The summed E-state index contributed by atoms with van der Waals surface area (Å²) in [6.45, 7) is 1.37. The average molecular weight is 458 g/mol. The number of fused-ring (bicyclic) bond motifs is 1. The Morgan fingerprint density at radius 1 is 1.12 bits per heavy atom. The summed E-state index contributed by atoms with van der Waals surface area (Å²) in [6, 6.07) is 11.9. The number of nitriles is 1. The highest BCUT2D eigenvalue weighted by molar-refractivity contribution is 5.88. The molecule has 0 bridgehead atoms. The Morgan fingerprint density at radius 3 is 2.56 bits per heavy atom. The smallest absolute Gasteiger partial charge is 0.263 e. The van der Waals surface area contributed by atoms with Crippen LogP contribution in [0.25, 0.3) is 33.3 Å². The van der Waals surface area contributed by atoms with E-state index in [9.17, 15) is 9.18 Å². The van der Waals surface area contributed by atoms with Crippen LogP contribution in [0.3, 0.4) is 0 Å². The largest absolute Gasteiger partial charge is 0.342 e. The summed E-state index contributed by atoms with van der Waals surface area (Å²) in [6.07, 6.45) is 3.34. The summed E-state index contributed by atoms with van der Waals surface area (Å²) in [5, 5.41) is 14.3. The number of benzene rings is 2. The predicted molar refractivity (Wildman–Crippen MR) is 129 cm³/mol. The van der Waals surface area contributed by atoms with Crippen molar-refractivity contribution in [2.75, 3.05) is 18.0 Å². The third kappa shape index (κ3) is 3.62. The van der Waals surface area contributed by atoms with Gasteiger partial charge in [-0.1, -0.05) is 12.1 Å². The van der Waals surface area contributed by atoms with Crippen LogP contribution in [0.1, 0.15) is 18.4 Å². The Balaban J connectivity index is 1.75. The molecule has 2 aromatic carbocycles. The molecule has 4 aromatic rings. The first kappa shape index (κ1) is 21.8. The highest BCUT2D eigenvalue weighted by Gasteiger charge is 2.24. The lowest BCUT2D eigenvalue weighted by molar-refractivity contribution is 0.490. The molecule has 172 valence electrons. The zero-order chi connectivity index (χ0) is 24.0. The number of nitrogens with zero attached hydrogens (tertiary/aromatic N) is 6. The molecule has 0 unspecified atom stereocenters. The summed E-state index contributed by atoms with van der Waals surface area (Å²) < 4.78 is 17.9. The summed E-state index contributed by atoms with van der Waals surface area (Å²) in [5.41, 5.74) is 8.55. The molecule has 3 heterocycles. The van der Waals surface area contributed by atoms with Crippen molar-refractivity contribution in [2.45, 2.75) is 18.9 Å². The molecule has 0 aliphatic carbocycles. The van der Waals surface area contributed by atoms with E-state index in [0.29, 0.717) is 41.4 Å². The van der Waals surface area contributed by atoms with E-state index >= 15 is 0 Å². The Kier molecular flexibility index (Phi) is 5.38. The number of hydrogen-bond donors (Lipinski definition) is 1. The molecular weight excluding hydrogens is 433 g/mol. The fraction of sp³-hybridized carbons (Fsp3) is 0.280. The molecule has 0 spiro atoms. The molecular formula is C25H24FN7O. The number of halogens is 1. The van der Waals surface area contributed by atoms with Crippen molar-refractivity contribution < 1.29 is 4.39 Å². The lowest BCUT2D eigenvalue weighted by Crippen LogP contribution is -2.42. The van der Waals surface area contributed by atoms with Gasteiger partial charge in [0.05, 0.1) is 28.5 Å². The van der Waals surface area contributed by atoms with E-state index in [1.165, 1.54) is 12.1 Å². The predicted octanol–water partition coefficient (Wildman–Crippen LogP) is 2.94. The van der Waals surface area contributed by atoms with Gasteiger partial charge >= 0.3 is 0 Å². The average Bonchev–Trinajstić information content (AvgIpc) is 3.21. The molecule has 34 heavy (non-hydrogen) atoms. The normalized spacial score (nSPS) is 14.5. The Bertz CT molecular complexity index is 1510. The minimum Gasteiger partial charge on any atom is -0.342 e. The lowest BCUT2D eigenvalue weighted by Gasteiger charge is -2.32. The second kappa shape index (κ2) is 8.39. The SMILES string of the molecule is Cn1c(N2CCC(N)CC2)nc(-c2ccc(C#N)c(F)c2)c(-c2ccc3c(cnn3C)c2)c1=O. The van der Waals surface area contributed by atoms with E-state index in [4.69, 9.17) is 16.0 Å². The van der Waals surface area contributed by atoms with Crippen LogP contribution >= 0.6 is 0 Å². The maximum Gasteiger partial charge on any atom is 0.263 e. The molecule has 1 saturated heterocycles. The first-order chi connectivity index (χ1) is 16.4. The van der Waals surface area contributed by atoms with Crippen LogP contribution in [0.5, 0.6) is 0 Å². The van der Waals surface area contributed by atoms with Gasteiger partial charge in [0, 0.05) is 44.2 Å². The van der Waals surface area contributed by atoms with Crippen molar-refractivity contribution in [3.8, 4) is 28.5 Å². The van der Waals surface area contributed by atoms with Crippen LogP contribution in [0, 0.1) is 17.1 Å². The van der Waals surface area contributed by atoms with Gasteiger partial charge in [0.1, 0.15) is 11.9 Å². The second-order valence-corrected chi connectivity index (χ2v) is 8.67. The molecule has 5 rings (SSSR count). The lowest BCUT2D eigenvalue weighted by atomic mass is 9.98. The Morgan fingerprint density at radius 2 is 1.85 bits per heavy atom. The number of rotatable bonds is 3. The molecule has 0 radical (unpaired) electrons. The van der Waals surface area contributed by atoms with Crippen molar-refractivity contribution >= 4 is 16.9 Å². The topological polar surface area (TPSA) is 106 Å². The highest BCUT2D eigenvalue weighted by atomic mass is 19.1. The number of hydrogen-bond acceptors (Lipinski definition) is 6. The van der Waals surface area contributed by atoms with Crippen molar-refractivity contribution in [1.29, 1.82) is 5.26 Å². The molecule has 9 heteroatoms. The van der Waals surface area contributed by atoms with E-state index in [1.807, 2.05) is 36.2 Å². The van der Waals surface area contributed by atoms with Gasteiger partial charge in [-0.25, -0.2) is 9.37 Å². The van der Waals surface area contributed by atoms with E-state index in [0.717, 1.165) is 23.7 Å². The van der Waals surface area contributed by atoms with Crippen LogP contribution < -0.4 is 16.2 Å².